The zero-order valence-corrected chi connectivity index (χ0v) is 14.7. The van der Waals surface area contributed by atoms with Crippen molar-refractivity contribution in [2.24, 2.45) is 5.92 Å². The highest BCUT2D eigenvalue weighted by Gasteiger charge is 2.58. The van der Waals surface area contributed by atoms with Crippen LogP contribution in [0.25, 0.3) is 0 Å². The molecule has 2 heterocycles. The van der Waals surface area contributed by atoms with Gasteiger partial charge in [-0.3, -0.25) is 19.3 Å². The lowest BCUT2D eigenvalue weighted by Crippen LogP contribution is -2.40. The first kappa shape index (κ1) is 16.8. The molecule has 5 heteroatoms. The van der Waals surface area contributed by atoms with E-state index in [9.17, 15) is 9.59 Å². The van der Waals surface area contributed by atoms with Gasteiger partial charge in [0.15, 0.2) is 6.10 Å². The first-order chi connectivity index (χ1) is 12.7. The van der Waals surface area contributed by atoms with Crippen molar-refractivity contribution in [1.29, 1.82) is 0 Å². The Kier molecular flexibility index (Phi) is 4.47. The summed E-state index contributed by atoms with van der Waals surface area (Å²) in [5.41, 5.74) is 1.83. The first-order valence-electron chi connectivity index (χ1n) is 9.11. The zero-order chi connectivity index (χ0) is 18.1. The lowest BCUT2D eigenvalue weighted by atomic mass is 9.93. The summed E-state index contributed by atoms with van der Waals surface area (Å²) in [5, 5.41) is 1.77. The van der Waals surface area contributed by atoms with Crippen molar-refractivity contribution in [3.63, 3.8) is 0 Å². The summed E-state index contributed by atoms with van der Waals surface area (Å²) < 4.78 is 0. The van der Waals surface area contributed by atoms with Gasteiger partial charge in [0.2, 0.25) is 5.91 Å². The van der Waals surface area contributed by atoms with Gasteiger partial charge in [-0.15, -0.1) is 0 Å². The summed E-state index contributed by atoms with van der Waals surface area (Å²) in [4.78, 5) is 33.3. The summed E-state index contributed by atoms with van der Waals surface area (Å²) in [6.07, 6.45) is 0.998. The molecule has 2 aromatic rings. The van der Waals surface area contributed by atoms with E-state index in [-0.39, 0.29) is 17.9 Å². The van der Waals surface area contributed by atoms with E-state index in [0.29, 0.717) is 6.54 Å². The van der Waals surface area contributed by atoms with Gasteiger partial charge in [-0.05, 0) is 24.1 Å². The molecule has 2 amide bonds. The van der Waals surface area contributed by atoms with Gasteiger partial charge in [0.1, 0.15) is 0 Å². The van der Waals surface area contributed by atoms with Crippen molar-refractivity contribution in [3.8, 4) is 0 Å². The van der Waals surface area contributed by atoms with E-state index in [1.807, 2.05) is 60.7 Å². The van der Waals surface area contributed by atoms with Gasteiger partial charge in [0.25, 0.3) is 5.91 Å². The number of para-hydroxylation sites is 1. The van der Waals surface area contributed by atoms with Gasteiger partial charge in [-0.1, -0.05) is 61.9 Å². The summed E-state index contributed by atoms with van der Waals surface area (Å²) in [6, 6.07) is 19.2. The summed E-state index contributed by atoms with van der Waals surface area (Å²) >= 11 is 0. The van der Waals surface area contributed by atoms with Crippen LogP contribution in [0.4, 0.5) is 5.69 Å². The molecule has 3 atom stereocenters. The van der Waals surface area contributed by atoms with Crippen LogP contribution in [-0.2, 0) is 21.0 Å². The van der Waals surface area contributed by atoms with E-state index in [1.165, 1.54) is 4.90 Å². The van der Waals surface area contributed by atoms with Crippen LogP contribution in [0.3, 0.4) is 0 Å². The molecule has 2 aliphatic heterocycles. The fourth-order valence-corrected chi connectivity index (χ4v) is 3.89. The smallest absolute Gasteiger partial charge is 0.262 e. The molecule has 0 radical (unpaired) electrons. The Morgan fingerprint density at radius 3 is 2.23 bits per heavy atom. The molecule has 0 aliphatic carbocycles. The number of amides is 2. The quantitative estimate of drug-likeness (QED) is 0.777. The molecule has 0 aromatic heterocycles. The SMILES string of the molecule is CCC[C@H]1[C@@H]2C(=O)N(Cc3ccccc3)C(=O)[C@H]2ON1c1ccccc1. The monoisotopic (exact) mass is 350 g/mol. The average Bonchev–Trinajstić information content (AvgIpc) is 3.16. The van der Waals surface area contributed by atoms with Crippen LogP contribution >= 0.6 is 0 Å². The van der Waals surface area contributed by atoms with Crippen LogP contribution in [0.2, 0.25) is 0 Å². The molecule has 2 saturated heterocycles. The van der Waals surface area contributed by atoms with Crippen LogP contribution in [0, 0.1) is 5.92 Å². The first-order valence-corrected chi connectivity index (χ1v) is 9.11. The number of anilines is 1. The van der Waals surface area contributed by atoms with E-state index >= 15 is 0 Å². The van der Waals surface area contributed by atoms with E-state index < -0.39 is 12.0 Å². The van der Waals surface area contributed by atoms with Crippen LogP contribution in [0.1, 0.15) is 25.3 Å². The Labute approximate surface area is 153 Å². The number of rotatable bonds is 5. The number of imide groups is 1. The summed E-state index contributed by atoms with van der Waals surface area (Å²) in [6.45, 7) is 2.39. The van der Waals surface area contributed by atoms with E-state index in [1.54, 1.807) is 5.06 Å². The Morgan fingerprint density at radius 1 is 0.923 bits per heavy atom. The number of carbonyl (C=O) groups is 2. The molecular weight excluding hydrogens is 328 g/mol. The van der Waals surface area contributed by atoms with Gasteiger partial charge in [0, 0.05) is 0 Å². The second-order valence-electron chi connectivity index (χ2n) is 6.82. The minimum Gasteiger partial charge on any atom is -0.275 e. The van der Waals surface area contributed by atoms with Crippen LogP contribution in [0.5, 0.6) is 0 Å². The second-order valence-corrected chi connectivity index (χ2v) is 6.82. The van der Waals surface area contributed by atoms with Crippen molar-refractivity contribution in [2.45, 2.75) is 38.5 Å². The molecule has 26 heavy (non-hydrogen) atoms. The standard InChI is InChI=1S/C21H22N2O3/c1-2-9-17-18-19(26-23(17)16-12-7-4-8-13-16)21(25)22(20(18)24)14-15-10-5-3-6-11-15/h3-8,10-13,17-19H,2,9,14H2,1H3/t17-,18-,19-/m0/s1. The normalized spacial score (nSPS) is 25.0. The lowest BCUT2D eigenvalue weighted by Gasteiger charge is -2.28. The molecule has 5 nitrogen and oxygen atoms in total. The maximum absolute atomic E-state index is 13.1. The number of benzene rings is 2. The Balaban J connectivity index is 1.60. The van der Waals surface area contributed by atoms with E-state index in [0.717, 1.165) is 24.1 Å². The number of hydrogen-bond donors (Lipinski definition) is 0. The number of likely N-dealkylation sites (tertiary alicyclic amines) is 1. The number of hydroxylamine groups is 1. The Bertz CT molecular complexity index is 793. The van der Waals surface area contributed by atoms with Crippen molar-refractivity contribution in [3.05, 3.63) is 66.2 Å². The molecule has 2 fully saturated rings. The third-order valence-corrected chi connectivity index (χ3v) is 5.11. The van der Waals surface area contributed by atoms with Crippen LogP contribution < -0.4 is 5.06 Å². The molecule has 0 spiro atoms. The average molecular weight is 350 g/mol. The third kappa shape index (κ3) is 2.78. The molecule has 0 bridgehead atoms. The minimum absolute atomic E-state index is 0.121. The van der Waals surface area contributed by atoms with Gasteiger partial charge in [-0.25, -0.2) is 5.06 Å². The fourth-order valence-electron chi connectivity index (χ4n) is 3.89. The molecule has 2 aromatic carbocycles. The largest absolute Gasteiger partial charge is 0.275 e. The predicted molar refractivity (Wildman–Crippen MR) is 98.0 cm³/mol. The van der Waals surface area contributed by atoms with Crippen molar-refractivity contribution >= 4 is 17.5 Å². The summed E-state index contributed by atoms with van der Waals surface area (Å²) in [5.74, 6) is -0.796. The minimum atomic E-state index is -0.719. The lowest BCUT2D eigenvalue weighted by molar-refractivity contribution is -0.143. The van der Waals surface area contributed by atoms with Gasteiger partial charge in [0.05, 0.1) is 24.2 Å². The molecule has 0 saturated carbocycles. The maximum Gasteiger partial charge on any atom is 0.262 e. The molecule has 0 unspecified atom stereocenters. The van der Waals surface area contributed by atoms with Crippen molar-refractivity contribution in [1.82, 2.24) is 4.90 Å². The highest BCUT2D eigenvalue weighted by atomic mass is 16.7. The number of carbonyl (C=O) groups excluding carboxylic acids is 2. The van der Waals surface area contributed by atoms with Crippen LogP contribution in [0.15, 0.2) is 60.7 Å². The summed E-state index contributed by atoms with van der Waals surface area (Å²) in [7, 11) is 0. The Hall–Kier alpha value is -2.66. The number of hydrogen-bond acceptors (Lipinski definition) is 4. The fraction of sp³-hybridized carbons (Fsp3) is 0.333. The van der Waals surface area contributed by atoms with Gasteiger partial charge in [-0.2, -0.15) is 0 Å². The van der Waals surface area contributed by atoms with Crippen LogP contribution in [-0.4, -0.2) is 28.9 Å². The predicted octanol–water partition coefficient (Wildman–Crippen LogP) is 3.16. The van der Waals surface area contributed by atoms with Gasteiger partial charge >= 0.3 is 0 Å². The highest BCUT2D eigenvalue weighted by Crippen LogP contribution is 2.40. The molecular formula is C21H22N2O3. The highest BCUT2D eigenvalue weighted by molar-refractivity contribution is 6.07. The van der Waals surface area contributed by atoms with Crippen molar-refractivity contribution < 1.29 is 14.4 Å². The topological polar surface area (TPSA) is 49.9 Å². The third-order valence-electron chi connectivity index (χ3n) is 5.11. The number of fused-ring (bicyclic) bond motifs is 1. The van der Waals surface area contributed by atoms with Crippen molar-refractivity contribution in [2.75, 3.05) is 5.06 Å². The zero-order valence-electron chi connectivity index (χ0n) is 14.7. The molecule has 4 rings (SSSR count). The number of nitrogens with zero attached hydrogens (tertiary/aromatic N) is 2. The molecule has 0 N–H and O–H groups in total. The Morgan fingerprint density at radius 2 is 1.58 bits per heavy atom. The molecule has 2 aliphatic rings. The molecule has 134 valence electrons. The van der Waals surface area contributed by atoms with Gasteiger partial charge < -0.3 is 0 Å². The van der Waals surface area contributed by atoms with E-state index in [2.05, 4.69) is 6.92 Å². The second kappa shape index (κ2) is 6.92. The maximum atomic E-state index is 13.1. The van der Waals surface area contributed by atoms with E-state index in [4.69, 9.17) is 4.84 Å².